The Kier molecular flexibility index (Phi) is 6.78. The van der Waals surface area contributed by atoms with Crippen molar-refractivity contribution >= 4 is 40.0 Å². The van der Waals surface area contributed by atoms with Crippen molar-refractivity contribution in [2.45, 2.75) is 71.0 Å². The standard InChI is InChI=1S/C22H30N4O3S2/c1-8-29-20(28)17-14-10-21(4,5)26-22(6,7)18(14)31-19(17)25-15(27)11-30-16-9-12(2)23-13(3)24-16/h9,26H,8,10-11H2,1-7H3,(H,25,27). The number of hydrogen-bond donors (Lipinski definition) is 2. The molecule has 1 amide bonds. The first-order valence-electron chi connectivity index (χ1n) is 10.3. The number of esters is 1. The molecule has 0 bridgehead atoms. The van der Waals surface area contributed by atoms with Gasteiger partial charge in [-0.05, 0) is 66.5 Å². The van der Waals surface area contributed by atoms with Crippen molar-refractivity contribution in [3.05, 3.63) is 33.6 Å². The molecule has 3 rings (SSSR count). The highest BCUT2D eigenvalue weighted by Gasteiger charge is 2.42. The summed E-state index contributed by atoms with van der Waals surface area (Å²) in [6.45, 7) is 14.2. The molecule has 7 nitrogen and oxygen atoms in total. The van der Waals surface area contributed by atoms with Gasteiger partial charge in [0.1, 0.15) is 15.9 Å². The fourth-order valence-corrected chi connectivity index (χ4v) is 6.18. The number of anilines is 1. The third-order valence-corrected chi connectivity index (χ3v) is 7.25. The lowest BCUT2D eigenvalue weighted by molar-refractivity contribution is -0.113. The summed E-state index contributed by atoms with van der Waals surface area (Å²) in [5.41, 5.74) is 1.80. The Morgan fingerprint density at radius 2 is 1.97 bits per heavy atom. The summed E-state index contributed by atoms with van der Waals surface area (Å²) >= 11 is 2.80. The third kappa shape index (κ3) is 5.45. The zero-order valence-corrected chi connectivity index (χ0v) is 20.8. The topological polar surface area (TPSA) is 93.2 Å². The number of fused-ring (bicyclic) bond motifs is 1. The van der Waals surface area contributed by atoms with Crippen LogP contribution in [0.25, 0.3) is 0 Å². The van der Waals surface area contributed by atoms with Gasteiger partial charge in [-0.1, -0.05) is 11.8 Å². The van der Waals surface area contributed by atoms with Gasteiger partial charge in [-0.2, -0.15) is 0 Å². The number of nitrogens with zero attached hydrogens (tertiary/aromatic N) is 2. The first kappa shape index (κ1) is 23.7. The van der Waals surface area contributed by atoms with Crippen molar-refractivity contribution < 1.29 is 14.3 Å². The second-order valence-corrected chi connectivity index (χ2v) is 10.9. The number of carbonyl (C=O) groups is 2. The Bertz CT molecular complexity index is 994. The minimum absolute atomic E-state index is 0.182. The van der Waals surface area contributed by atoms with E-state index in [0.29, 0.717) is 22.8 Å². The van der Waals surface area contributed by atoms with Crippen molar-refractivity contribution in [3.8, 4) is 0 Å². The lowest BCUT2D eigenvalue weighted by Gasteiger charge is -2.42. The van der Waals surface area contributed by atoms with Gasteiger partial charge in [0, 0.05) is 21.6 Å². The first-order chi connectivity index (χ1) is 14.4. The first-order valence-corrected chi connectivity index (χ1v) is 12.1. The van der Waals surface area contributed by atoms with E-state index >= 15 is 0 Å². The summed E-state index contributed by atoms with van der Waals surface area (Å²) in [6.07, 6.45) is 0.681. The molecule has 0 spiro atoms. The SMILES string of the molecule is CCOC(=O)c1c(NC(=O)CSc2cc(C)nc(C)n2)sc2c1CC(C)(C)NC2(C)C. The maximum atomic E-state index is 12.8. The van der Waals surface area contributed by atoms with Gasteiger partial charge in [-0.15, -0.1) is 11.3 Å². The minimum atomic E-state index is -0.390. The van der Waals surface area contributed by atoms with E-state index in [9.17, 15) is 9.59 Å². The normalized spacial score (nSPS) is 16.5. The van der Waals surface area contributed by atoms with Gasteiger partial charge in [0.2, 0.25) is 5.91 Å². The molecule has 0 unspecified atom stereocenters. The maximum absolute atomic E-state index is 12.8. The van der Waals surface area contributed by atoms with Gasteiger partial charge in [-0.3, -0.25) is 4.79 Å². The number of hydrogen-bond acceptors (Lipinski definition) is 8. The van der Waals surface area contributed by atoms with Crippen LogP contribution in [0.15, 0.2) is 11.1 Å². The Labute approximate surface area is 191 Å². The molecular weight excluding hydrogens is 432 g/mol. The van der Waals surface area contributed by atoms with Gasteiger partial charge >= 0.3 is 5.97 Å². The van der Waals surface area contributed by atoms with E-state index < -0.39 is 5.97 Å². The monoisotopic (exact) mass is 462 g/mol. The predicted molar refractivity (Wildman–Crippen MR) is 125 cm³/mol. The van der Waals surface area contributed by atoms with Gasteiger partial charge in [0.25, 0.3) is 0 Å². The summed E-state index contributed by atoms with van der Waals surface area (Å²) in [5, 5.41) is 7.90. The van der Waals surface area contributed by atoms with Crippen molar-refractivity contribution in [3.63, 3.8) is 0 Å². The number of ether oxygens (including phenoxy) is 1. The number of aromatic nitrogens is 2. The number of carbonyl (C=O) groups excluding carboxylic acids is 2. The van der Waals surface area contributed by atoms with Crippen molar-refractivity contribution in [1.82, 2.24) is 15.3 Å². The van der Waals surface area contributed by atoms with Gasteiger partial charge in [0.05, 0.1) is 17.9 Å². The van der Waals surface area contributed by atoms with E-state index in [1.54, 1.807) is 6.92 Å². The summed E-state index contributed by atoms with van der Waals surface area (Å²) in [5.74, 6) is 0.288. The van der Waals surface area contributed by atoms with Crippen LogP contribution in [0.5, 0.6) is 0 Å². The molecule has 0 saturated heterocycles. The molecule has 168 valence electrons. The van der Waals surface area contributed by atoms with Crippen LogP contribution in [0.3, 0.4) is 0 Å². The summed E-state index contributed by atoms with van der Waals surface area (Å²) < 4.78 is 5.34. The number of rotatable bonds is 6. The number of thiophene rings is 1. The van der Waals surface area contributed by atoms with E-state index in [4.69, 9.17) is 4.74 Å². The Morgan fingerprint density at radius 1 is 1.26 bits per heavy atom. The fourth-order valence-electron chi connectivity index (χ4n) is 4.09. The molecule has 3 heterocycles. The summed E-state index contributed by atoms with van der Waals surface area (Å²) in [7, 11) is 0. The molecular formula is C22H30N4O3S2. The molecule has 1 aliphatic heterocycles. The zero-order chi connectivity index (χ0) is 23.0. The zero-order valence-electron chi connectivity index (χ0n) is 19.1. The van der Waals surface area contributed by atoms with Gasteiger partial charge < -0.3 is 15.4 Å². The van der Waals surface area contributed by atoms with Crippen LogP contribution >= 0.6 is 23.1 Å². The molecule has 31 heavy (non-hydrogen) atoms. The largest absolute Gasteiger partial charge is 0.462 e. The molecule has 0 aliphatic carbocycles. The summed E-state index contributed by atoms with van der Waals surface area (Å²) in [6, 6.07) is 1.86. The smallest absolute Gasteiger partial charge is 0.341 e. The van der Waals surface area contributed by atoms with Gasteiger partial charge in [-0.25, -0.2) is 14.8 Å². The number of nitrogens with one attached hydrogen (secondary N) is 2. The van der Waals surface area contributed by atoms with Crippen LogP contribution in [-0.4, -0.2) is 39.7 Å². The average molecular weight is 463 g/mol. The fraction of sp³-hybridized carbons (Fsp3) is 0.545. The Hall–Kier alpha value is -1.97. The molecule has 0 aromatic carbocycles. The molecule has 2 N–H and O–H groups in total. The highest BCUT2D eigenvalue weighted by atomic mass is 32.2. The van der Waals surface area contributed by atoms with E-state index in [0.717, 1.165) is 21.2 Å². The molecule has 0 fully saturated rings. The Morgan fingerprint density at radius 3 is 2.61 bits per heavy atom. The molecule has 2 aromatic heterocycles. The van der Waals surface area contributed by atoms with Crippen LogP contribution in [0.4, 0.5) is 5.00 Å². The van der Waals surface area contributed by atoms with Crippen LogP contribution < -0.4 is 10.6 Å². The molecule has 2 aromatic rings. The van der Waals surface area contributed by atoms with E-state index in [1.807, 2.05) is 19.9 Å². The lowest BCUT2D eigenvalue weighted by atomic mass is 9.81. The summed E-state index contributed by atoms with van der Waals surface area (Å²) in [4.78, 5) is 35.3. The quantitative estimate of drug-likeness (QED) is 0.377. The van der Waals surface area contributed by atoms with Crippen molar-refractivity contribution in [2.24, 2.45) is 0 Å². The number of amides is 1. The molecule has 9 heteroatoms. The number of aryl methyl sites for hydroxylation is 2. The molecule has 0 saturated carbocycles. The second kappa shape index (κ2) is 8.88. The minimum Gasteiger partial charge on any atom is -0.462 e. The maximum Gasteiger partial charge on any atom is 0.341 e. The van der Waals surface area contributed by atoms with E-state index in [2.05, 4.69) is 48.3 Å². The lowest BCUT2D eigenvalue weighted by Crippen LogP contribution is -2.55. The van der Waals surface area contributed by atoms with E-state index in [-0.39, 0.29) is 29.3 Å². The van der Waals surface area contributed by atoms with Crippen molar-refractivity contribution in [2.75, 3.05) is 17.7 Å². The molecule has 0 atom stereocenters. The second-order valence-electron chi connectivity index (χ2n) is 8.88. The molecule has 0 radical (unpaired) electrons. The highest BCUT2D eigenvalue weighted by Crippen LogP contribution is 2.45. The predicted octanol–water partition coefficient (Wildman–Crippen LogP) is 4.22. The average Bonchev–Trinajstić information content (AvgIpc) is 2.96. The number of thioether (sulfide) groups is 1. The van der Waals surface area contributed by atoms with Crippen LogP contribution in [0, 0.1) is 13.8 Å². The Balaban J connectivity index is 1.87. The molecule has 1 aliphatic rings. The highest BCUT2D eigenvalue weighted by molar-refractivity contribution is 7.99. The third-order valence-electron chi connectivity index (χ3n) is 4.87. The van der Waals surface area contributed by atoms with Crippen LogP contribution in [0.1, 0.15) is 66.9 Å². The van der Waals surface area contributed by atoms with E-state index in [1.165, 1.54) is 23.1 Å². The van der Waals surface area contributed by atoms with Gasteiger partial charge in [0.15, 0.2) is 0 Å². The van der Waals surface area contributed by atoms with Crippen molar-refractivity contribution in [1.29, 1.82) is 0 Å². The van der Waals surface area contributed by atoms with Crippen LogP contribution in [-0.2, 0) is 21.5 Å². The van der Waals surface area contributed by atoms with Crippen LogP contribution in [0.2, 0.25) is 0 Å².